The summed E-state index contributed by atoms with van der Waals surface area (Å²) >= 11 is 0. The molecule has 2 atom stereocenters. The van der Waals surface area contributed by atoms with E-state index in [-0.39, 0.29) is 6.10 Å². The Labute approximate surface area is 113 Å². The van der Waals surface area contributed by atoms with Crippen molar-refractivity contribution in [2.75, 3.05) is 32.8 Å². The molecule has 0 aliphatic heterocycles. The van der Waals surface area contributed by atoms with Gasteiger partial charge in [0, 0.05) is 25.8 Å². The summed E-state index contributed by atoms with van der Waals surface area (Å²) in [6.45, 7) is 10.2. The van der Waals surface area contributed by atoms with Gasteiger partial charge < -0.3 is 25.6 Å². The summed E-state index contributed by atoms with van der Waals surface area (Å²) in [4.78, 5) is 0. The highest BCUT2D eigenvalue weighted by Gasteiger charge is 2.32. The lowest BCUT2D eigenvalue weighted by molar-refractivity contribution is 0.126. The Kier molecular flexibility index (Phi) is 10.9. The molecule has 0 rings (SSSR count). The van der Waals surface area contributed by atoms with Crippen LogP contribution < -0.4 is 16.8 Å². The molecule has 0 saturated heterocycles. The van der Waals surface area contributed by atoms with Crippen molar-refractivity contribution < 1.29 is 8.85 Å². The van der Waals surface area contributed by atoms with Crippen LogP contribution in [0.25, 0.3) is 0 Å². The van der Waals surface area contributed by atoms with E-state index >= 15 is 0 Å². The van der Waals surface area contributed by atoms with Crippen molar-refractivity contribution >= 4 is 8.56 Å². The van der Waals surface area contributed by atoms with Gasteiger partial charge in [0.05, 0.1) is 0 Å². The van der Waals surface area contributed by atoms with E-state index in [1.807, 2.05) is 6.92 Å². The van der Waals surface area contributed by atoms with Crippen LogP contribution in [-0.4, -0.2) is 47.5 Å². The molecule has 5 N–H and O–H groups in total. The van der Waals surface area contributed by atoms with E-state index in [1.54, 1.807) is 0 Å². The van der Waals surface area contributed by atoms with Gasteiger partial charge in [-0.2, -0.15) is 0 Å². The van der Waals surface area contributed by atoms with Gasteiger partial charge in [0.15, 0.2) is 0 Å². The molecule has 0 aromatic carbocycles. The van der Waals surface area contributed by atoms with E-state index in [9.17, 15) is 0 Å². The highest BCUT2D eigenvalue weighted by atomic mass is 28.4. The highest BCUT2D eigenvalue weighted by Crippen LogP contribution is 2.18. The second-order valence-electron chi connectivity index (χ2n) is 4.71. The fourth-order valence-electron chi connectivity index (χ4n) is 1.95. The predicted molar refractivity (Wildman–Crippen MR) is 78.8 cm³/mol. The van der Waals surface area contributed by atoms with Gasteiger partial charge in [0.2, 0.25) is 0 Å². The SMILES string of the molecule is CCO[Si](C)(CCCNCCN)OC(C)CCN. The molecule has 0 aromatic rings. The zero-order valence-electron chi connectivity index (χ0n) is 12.2. The number of hydrogen-bond donors (Lipinski definition) is 3. The molecule has 6 heteroatoms. The zero-order chi connectivity index (χ0) is 13.9. The molecule has 0 spiro atoms. The first-order chi connectivity index (χ1) is 8.58. The van der Waals surface area contributed by atoms with Gasteiger partial charge in [-0.25, -0.2) is 0 Å². The molecule has 0 heterocycles. The zero-order valence-corrected chi connectivity index (χ0v) is 13.2. The maximum absolute atomic E-state index is 6.11. The summed E-state index contributed by atoms with van der Waals surface area (Å²) in [5.74, 6) is 0. The number of nitrogens with two attached hydrogens (primary N) is 2. The topological polar surface area (TPSA) is 82.5 Å². The fraction of sp³-hybridized carbons (Fsp3) is 1.00. The standard InChI is InChI=1S/C12H31N3O2Si/c1-4-16-18(3,17-12(2)6-7-13)11-5-9-15-10-8-14/h12,15H,4-11,13-14H2,1-3H3. The Balaban J connectivity index is 3.99. The smallest absolute Gasteiger partial charge is 0.335 e. The first kappa shape index (κ1) is 18.0. The van der Waals surface area contributed by atoms with E-state index in [4.69, 9.17) is 20.3 Å². The summed E-state index contributed by atoms with van der Waals surface area (Å²) in [5.41, 5.74) is 11.0. The minimum absolute atomic E-state index is 0.190. The molecule has 110 valence electrons. The lowest BCUT2D eigenvalue weighted by Crippen LogP contribution is -2.42. The summed E-state index contributed by atoms with van der Waals surface area (Å²) < 4.78 is 12.0. The third kappa shape index (κ3) is 9.01. The average molecular weight is 277 g/mol. The van der Waals surface area contributed by atoms with Crippen molar-refractivity contribution in [1.82, 2.24) is 5.32 Å². The van der Waals surface area contributed by atoms with E-state index in [0.29, 0.717) is 19.7 Å². The normalized spacial score (nSPS) is 16.5. The van der Waals surface area contributed by atoms with Crippen LogP contribution in [0.15, 0.2) is 0 Å². The molecule has 0 saturated carbocycles. The van der Waals surface area contributed by atoms with E-state index < -0.39 is 8.56 Å². The van der Waals surface area contributed by atoms with Crippen LogP contribution in [0.4, 0.5) is 0 Å². The number of hydrogen-bond acceptors (Lipinski definition) is 5. The lowest BCUT2D eigenvalue weighted by atomic mass is 10.3. The Hall–Kier alpha value is 0.0169. The van der Waals surface area contributed by atoms with Crippen molar-refractivity contribution in [3.8, 4) is 0 Å². The van der Waals surface area contributed by atoms with Crippen LogP contribution >= 0.6 is 0 Å². The Morgan fingerprint density at radius 2 is 1.94 bits per heavy atom. The van der Waals surface area contributed by atoms with Gasteiger partial charge in [0.25, 0.3) is 0 Å². The van der Waals surface area contributed by atoms with Crippen molar-refractivity contribution in [1.29, 1.82) is 0 Å². The maximum atomic E-state index is 6.11. The summed E-state index contributed by atoms with van der Waals surface area (Å²) in [7, 11) is -2.04. The molecule has 18 heavy (non-hydrogen) atoms. The fourth-order valence-corrected chi connectivity index (χ4v) is 4.68. The lowest BCUT2D eigenvalue weighted by Gasteiger charge is -2.30. The van der Waals surface area contributed by atoms with Crippen molar-refractivity contribution in [2.45, 2.75) is 45.4 Å². The molecule has 0 aromatic heterocycles. The van der Waals surface area contributed by atoms with Gasteiger partial charge in [-0.15, -0.1) is 0 Å². The van der Waals surface area contributed by atoms with Gasteiger partial charge >= 0.3 is 8.56 Å². The first-order valence-corrected chi connectivity index (χ1v) is 9.53. The van der Waals surface area contributed by atoms with E-state index in [0.717, 1.165) is 32.0 Å². The van der Waals surface area contributed by atoms with Crippen LogP contribution in [-0.2, 0) is 8.85 Å². The summed E-state index contributed by atoms with van der Waals surface area (Å²) in [6.07, 6.45) is 2.15. The van der Waals surface area contributed by atoms with Gasteiger partial charge in [-0.3, -0.25) is 0 Å². The Morgan fingerprint density at radius 3 is 2.50 bits per heavy atom. The molecule has 0 radical (unpaired) electrons. The third-order valence-corrected chi connectivity index (χ3v) is 5.84. The van der Waals surface area contributed by atoms with E-state index in [1.165, 1.54) is 0 Å². The minimum Gasteiger partial charge on any atom is -0.395 e. The molecule has 0 aliphatic carbocycles. The monoisotopic (exact) mass is 277 g/mol. The van der Waals surface area contributed by atoms with Gasteiger partial charge in [-0.1, -0.05) is 0 Å². The van der Waals surface area contributed by atoms with Crippen LogP contribution in [0.5, 0.6) is 0 Å². The molecule has 0 amide bonds. The summed E-state index contributed by atoms with van der Waals surface area (Å²) in [5, 5.41) is 3.29. The van der Waals surface area contributed by atoms with Crippen LogP contribution in [0.1, 0.15) is 26.7 Å². The molecule has 5 nitrogen and oxygen atoms in total. The molecular formula is C12H31N3O2Si. The summed E-state index contributed by atoms with van der Waals surface area (Å²) in [6, 6.07) is 1.01. The van der Waals surface area contributed by atoms with Crippen LogP contribution in [0, 0.1) is 0 Å². The number of nitrogens with one attached hydrogen (secondary N) is 1. The van der Waals surface area contributed by atoms with Crippen LogP contribution in [0.3, 0.4) is 0 Å². The molecule has 0 aliphatic rings. The Morgan fingerprint density at radius 1 is 1.22 bits per heavy atom. The molecule has 2 unspecified atom stereocenters. The third-order valence-electron chi connectivity index (χ3n) is 2.78. The van der Waals surface area contributed by atoms with Crippen molar-refractivity contribution in [3.05, 3.63) is 0 Å². The number of rotatable bonds is 12. The van der Waals surface area contributed by atoms with Gasteiger partial charge in [0.1, 0.15) is 0 Å². The highest BCUT2D eigenvalue weighted by molar-refractivity contribution is 6.66. The Bertz CT molecular complexity index is 198. The largest absolute Gasteiger partial charge is 0.395 e. The van der Waals surface area contributed by atoms with Crippen molar-refractivity contribution in [2.24, 2.45) is 11.5 Å². The predicted octanol–water partition coefficient (Wildman–Crippen LogP) is 0.787. The van der Waals surface area contributed by atoms with Crippen molar-refractivity contribution in [3.63, 3.8) is 0 Å². The second-order valence-corrected chi connectivity index (χ2v) is 8.01. The first-order valence-electron chi connectivity index (χ1n) is 7.00. The van der Waals surface area contributed by atoms with Gasteiger partial charge in [-0.05, 0) is 52.4 Å². The quantitative estimate of drug-likeness (QED) is 0.363. The maximum Gasteiger partial charge on any atom is 0.335 e. The average Bonchev–Trinajstić information content (AvgIpc) is 2.29. The van der Waals surface area contributed by atoms with Crippen LogP contribution in [0.2, 0.25) is 12.6 Å². The molecule has 0 fully saturated rings. The second kappa shape index (κ2) is 10.9. The molecular weight excluding hydrogens is 246 g/mol. The minimum atomic E-state index is -2.04. The van der Waals surface area contributed by atoms with E-state index in [2.05, 4.69) is 18.8 Å². The molecule has 0 bridgehead atoms.